The van der Waals surface area contributed by atoms with Gasteiger partial charge in [-0.05, 0) is 30.5 Å². The molecule has 0 aliphatic heterocycles. The van der Waals surface area contributed by atoms with Crippen LogP contribution >= 0.6 is 0 Å². The molecule has 2 rings (SSSR count). The summed E-state index contributed by atoms with van der Waals surface area (Å²) in [4.78, 5) is -0.270. The first-order chi connectivity index (χ1) is 7.96. The Bertz CT molecular complexity index is 526. The van der Waals surface area contributed by atoms with Gasteiger partial charge < -0.3 is 10.8 Å². The van der Waals surface area contributed by atoms with E-state index in [1.54, 1.807) is 0 Å². The standard InChI is InChI=1S/C11H14FNO3S/c12-9-5-7(10(13)6-14)1-4-11(9)17(15,16)8-2-3-8/h1,4-5,8,10,14H,2-3,6,13H2. The summed E-state index contributed by atoms with van der Waals surface area (Å²) in [7, 11) is -3.52. The van der Waals surface area contributed by atoms with Crippen LogP contribution in [0.5, 0.6) is 0 Å². The van der Waals surface area contributed by atoms with Gasteiger partial charge >= 0.3 is 0 Å². The second kappa shape index (κ2) is 4.36. The van der Waals surface area contributed by atoms with Crippen LogP contribution in [0, 0.1) is 5.82 Å². The third-order valence-electron chi connectivity index (χ3n) is 2.85. The van der Waals surface area contributed by atoms with Gasteiger partial charge in [-0.3, -0.25) is 0 Å². The number of aliphatic hydroxyl groups is 1. The van der Waals surface area contributed by atoms with Gasteiger partial charge in [-0.15, -0.1) is 0 Å². The molecular weight excluding hydrogens is 245 g/mol. The number of hydrogen-bond donors (Lipinski definition) is 2. The highest BCUT2D eigenvalue weighted by atomic mass is 32.2. The van der Waals surface area contributed by atoms with Crippen molar-refractivity contribution < 1.29 is 17.9 Å². The summed E-state index contributed by atoms with van der Waals surface area (Å²) in [6.45, 7) is -0.311. The molecule has 1 aromatic carbocycles. The van der Waals surface area contributed by atoms with Gasteiger partial charge in [-0.25, -0.2) is 12.8 Å². The molecule has 6 heteroatoms. The maximum atomic E-state index is 13.7. The van der Waals surface area contributed by atoms with E-state index in [-0.39, 0.29) is 11.5 Å². The van der Waals surface area contributed by atoms with Crippen molar-refractivity contribution in [2.24, 2.45) is 5.73 Å². The van der Waals surface area contributed by atoms with Crippen LogP contribution in [0.4, 0.5) is 4.39 Å². The van der Waals surface area contributed by atoms with Gasteiger partial charge in [-0.1, -0.05) is 6.07 Å². The molecule has 0 radical (unpaired) electrons. The Balaban J connectivity index is 2.38. The minimum Gasteiger partial charge on any atom is -0.394 e. The van der Waals surface area contributed by atoms with Crippen LogP contribution < -0.4 is 5.73 Å². The number of hydrogen-bond acceptors (Lipinski definition) is 4. The van der Waals surface area contributed by atoms with Gasteiger partial charge in [0.15, 0.2) is 9.84 Å². The van der Waals surface area contributed by atoms with Crippen LogP contribution in [0.2, 0.25) is 0 Å². The molecule has 0 saturated heterocycles. The summed E-state index contributed by atoms with van der Waals surface area (Å²) in [5.74, 6) is -0.793. The predicted octanol–water partition coefficient (Wildman–Crippen LogP) is 0.754. The third-order valence-corrected chi connectivity index (χ3v) is 5.14. The largest absolute Gasteiger partial charge is 0.394 e. The minimum atomic E-state index is -3.52. The Morgan fingerprint density at radius 2 is 2.12 bits per heavy atom. The van der Waals surface area contributed by atoms with Gasteiger partial charge in [0.05, 0.1) is 17.9 Å². The molecule has 0 spiro atoms. The number of sulfone groups is 1. The molecular formula is C11H14FNO3S. The number of benzene rings is 1. The first kappa shape index (κ1) is 12.5. The molecule has 4 nitrogen and oxygen atoms in total. The normalized spacial score (nSPS) is 18.1. The highest BCUT2D eigenvalue weighted by molar-refractivity contribution is 7.92. The summed E-state index contributed by atoms with van der Waals surface area (Å²) >= 11 is 0. The average Bonchev–Trinajstić information content (AvgIpc) is 3.11. The molecule has 1 unspecified atom stereocenters. The van der Waals surface area contributed by atoms with Crippen molar-refractivity contribution in [2.75, 3.05) is 6.61 Å². The number of rotatable bonds is 4. The molecule has 1 fully saturated rings. The fourth-order valence-electron chi connectivity index (χ4n) is 1.64. The summed E-state index contributed by atoms with van der Waals surface area (Å²) in [5, 5.41) is 8.41. The average molecular weight is 259 g/mol. The van der Waals surface area contributed by atoms with E-state index < -0.39 is 26.9 Å². The van der Waals surface area contributed by atoms with Crippen molar-refractivity contribution in [3.63, 3.8) is 0 Å². The van der Waals surface area contributed by atoms with E-state index in [0.717, 1.165) is 6.07 Å². The van der Waals surface area contributed by atoms with Crippen molar-refractivity contribution in [1.29, 1.82) is 0 Å². The first-order valence-electron chi connectivity index (χ1n) is 5.36. The maximum Gasteiger partial charge on any atom is 0.184 e. The fourth-order valence-corrected chi connectivity index (χ4v) is 3.35. The highest BCUT2D eigenvalue weighted by Crippen LogP contribution is 2.34. The zero-order valence-corrected chi connectivity index (χ0v) is 9.95. The molecule has 0 aromatic heterocycles. The molecule has 1 aromatic rings. The molecule has 3 N–H and O–H groups in total. The van der Waals surface area contributed by atoms with Crippen LogP contribution in [0.15, 0.2) is 23.1 Å². The maximum absolute atomic E-state index is 13.7. The summed E-state index contributed by atoms with van der Waals surface area (Å²) in [6.07, 6.45) is 1.19. The summed E-state index contributed by atoms with van der Waals surface area (Å²) in [5.41, 5.74) is 5.92. The van der Waals surface area contributed by atoms with E-state index in [2.05, 4.69) is 0 Å². The number of halogens is 1. The van der Waals surface area contributed by atoms with Crippen LogP contribution in [0.1, 0.15) is 24.4 Å². The SMILES string of the molecule is NC(CO)c1ccc(S(=O)(=O)C2CC2)c(F)c1. The Kier molecular flexibility index (Phi) is 3.20. The van der Waals surface area contributed by atoms with Crippen molar-refractivity contribution in [1.82, 2.24) is 0 Å². The molecule has 1 atom stereocenters. The van der Waals surface area contributed by atoms with E-state index in [1.165, 1.54) is 12.1 Å². The Hall–Kier alpha value is -0.980. The summed E-state index contributed by atoms with van der Waals surface area (Å²) < 4.78 is 37.4. The van der Waals surface area contributed by atoms with E-state index in [0.29, 0.717) is 18.4 Å². The van der Waals surface area contributed by atoms with Crippen molar-refractivity contribution in [3.05, 3.63) is 29.6 Å². The molecule has 17 heavy (non-hydrogen) atoms. The Morgan fingerprint density at radius 1 is 1.47 bits per heavy atom. The summed E-state index contributed by atoms with van der Waals surface area (Å²) in [6, 6.07) is 3.06. The Labute approximate surface area is 99.2 Å². The molecule has 0 amide bonds. The van der Waals surface area contributed by atoms with Crippen molar-refractivity contribution in [3.8, 4) is 0 Å². The molecule has 1 aliphatic carbocycles. The lowest BCUT2D eigenvalue weighted by Gasteiger charge is -2.10. The van der Waals surface area contributed by atoms with Gasteiger partial charge in [0.2, 0.25) is 0 Å². The number of aliphatic hydroxyl groups excluding tert-OH is 1. The van der Waals surface area contributed by atoms with E-state index in [9.17, 15) is 12.8 Å². The predicted molar refractivity (Wildman–Crippen MR) is 60.6 cm³/mol. The minimum absolute atomic E-state index is 0.270. The third kappa shape index (κ3) is 2.34. The monoisotopic (exact) mass is 259 g/mol. The molecule has 0 heterocycles. The molecule has 94 valence electrons. The molecule has 1 saturated carbocycles. The van der Waals surface area contributed by atoms with E-state index in [1.807, 2.05) is 0 Å². The van der Waals surface area contributed by atoms with Gasteiger partial charge in [0, 0.05) is 0 Å². The van der Waals surface area contributed by atoms with Crippen LogP contribution in [-0.2, 0) is 9.84 Å². The number of nitrogens with two attached hydrogens (primary N) is 1. The fraction of sp³-hybridized carbons (Fsp3) is 0.455. The van der Waals surface area contributed by atoms with Gasteiger partial charge in [0.1, 0.15) is 10.7 Å². The zero-order valence-electron chi connectivity index (χ0n) is 9.14. The lowest BCUT2D eigenvalue weighted by atomic mass is 10.1. The van der Waals surface area contributed by atoms with Gasteiger partial charge in [0.25, 0.3) is 0 Å². The van der Waals surface area contributed by atoms with Crippen LogP contribution in [0.25, 0.3) is 0 Å². The molecule has 0 bridgehead atoms. The second-order valence-corrected chi connectivity index (χ2v) is 6.42. The molecule has 1 aliphatic rings. The topological polar surface area (TPSA) is 80.4 Å². The smallest absolute Gasteiger partial charge is 0.184 e. The van der Waals surface area contributed by atoms with Gasteiger partial charge in [-0.2, -0.15) is 0 Å². The lowest BCUT2D eigenvalue weighted by molar-refractivity contribution is 0.267. The van der Waals surface area contributed by atoms with Crippen LogP contribution in [0.3, 0.4) is 0 Å². The zero-order chi connectivity index (χ0) is 12.6. The quantitative estimate of drug-likeness (QED) is 0.836. The van der Waals surface area contributed by atoms with Crippen LogP contribution in [-0.4, -0.2) is 25.4 Å². The van der Waals surface area contributed by atoms with Crippen molar-refractivity contribution in [2.45, 2.75) is 29.0 Å². The first-order valence-corrected chi connectivity index (χ1v) is 6.91. The van der Waals surface area contributed by atoms with E-state index in [4.69, 9.17) is 10.8 Å². The highest BCUT2D eigenvalue weighted by Gasteiger charge is 2.38. The van der Waals surface area contributed by atoms with E-state index >= 15 is 0 Å². The van der Waals surface area contributed by atoms with Crippen molar-refractivity contribution >= 4 is 9.84 Å². The lowest BCUT2D eigenvalue weighted by Crippen LogP contribution is -2.16. The Morgan fingerprint density at radius 3 is 2.59 bits per heavy atom. The second-order valence-electron chi connectivity index (χ2n) is 4.22.